The first-order chi connectivity index (χ1) is 19.5. The monoisotopic (exact) mass is 550 g/mol. The van der Waals surface area contributed by atoms with Gasteiger partial charge in [-0.3, -0.25) is 4.98 Å². The van der Waals surface area contributed by atoms with Crippen molar-refractivity contribution in [2.24, 2.45) is 0 Å². The largest absolute Gasteiger partial charge is 0.490 e. The molecule has 0 amide bonds. The lowest BCUT2D eigenvalue weighted by molar-refractivity contribution is 0.210. The van der Waals surface area contributed by atoms with E-state index in [1.807, 2.05) is 18.3 Å². The minimum atomic E-state index is -0.0837. The van der Waals surface area contributed by atoms with Gasteiger partial charge in [0, 0.05) is 23.3 Å². The average Bonchev–Trinajstić information content (AvgIpc) is 3.67. The number of benzene rings is 2. The number of thiocarbonyl (C=S) groups is 1. The van der Waals surface area contributed by atoms with Gasteiger partial charge in [-0.2, -0.15) is 0 Å². The number of ether oxygens (including phenoxy) is 1. The SMILES string of the molecule is CCc1cccc(C)c1-n1c(C)cc([C@@H]2[C@@H](c3ccccn3)NC(=S)N2c2ccc(OC3CCCC3)cc2)c1C. The van der Waals surface area contributed by atoms with Crippen LogP contribution in [0.1, 0.15) is 78.5 Å². The maximum absolute atomic E-state index is 6.26. The molecule has 0 radical (unpaired) electrons. The Morgan fingerprint density at radius 3 is 2.45 bits per heavy atom. The summed E-state index contributed by atoms with van der Waals surface area (Å²) >= 11 is 6.01. The number of rotatable bonds is 7. The topological polar surface area (TPSA) is 42.3 Å². The fourth-order valence-electron chi connectivity index (χ4n) is 6.59. The molecule has 0 unspecified atom stereocenters. The minimum Gasteiger partial charge on any atom is -0.490 e. The van der Waals surface area contributed by atoms with Crippen LogP contribution in [0.2, 0.25) is 0 Å². The molecule has 0 bridgehead atoms. The predicted octanol–water partition coefficient (Wildman–Crippen LogP) is 7.86. The smallest absolute Gasteiger partial charge is 0.174 e. The van der Waals surface area contributed by atoms with E-state index in [1.54, 1.807) is 0 Å². The van der Waals surface area contributed by atoms with Crippen molar-refractivity contribution in [3.63, 3.8) is 0 Å². The molecule has 0 spiro atoms. The van der Waals surface area contributed by atoms with Gasteiger partial charge in [0.15, 0.2) is 5.11 Å². The van der Waals surface area contributed by atoms with Crippen molar-refractivity contribution in [3.05, 3.63) is 107 Å². The first kappa shape index (κ1) is 26.6. The van der Waals surface area contributed by atoms with E-state index in [2.05, 4.69) is 97.1 Å². The molecule has 206 valence electrons. The Morgan fingerprint density at radius 1 is 0.975 bits per heavy atom. The van der Waals surface area contributed by atoms with Gasteiger partial charge in [0.25, 0.3) is 0 Å². The average molecular weight is 551 g/mol. The Kier molecular flexibility index (Phi) is 7.37. The Hall–Kier alpha value is -3.64. The molecule has 2 aromatic carbocycles. The number of aromatic nitrogens is 2. The zero-order chi connectivity index (χ0) is 27.8. The van der Waals surface area contributed by atoms with Gasteiger partial charge in [0.1, 0.15) is 5.75 Å². The van der Waals surface area contributed by atoms with E-state index < -0.39 is 0 Å². The third kappa shape index (κ3) is 4.79. The predicted molar refractivity (Wildman–Crippen MR) is 167 cm³/mol. The van der Waals surface area contributed by atoms with Crippen LogP contribution < -0.4 is 15.0 Å². The van der Waals surface area contributed by atoms with Crippen molar-refractivity contribution in [1.29, 1.82) is 0 Å². The second-order valence-corrected chi connectivity index (χ2v) is 11.5. The molecule has 6 heteroatoms. The highest BCUT2D eigenvalue weighted by atomic mass is 32.1. The molecular weight excluding hydrogens is 512 g/mol. The van der Waals surface area contributed by atoms with E-state index in [0.717, 1.165) is 36.4 Å². The summed E-state index contributed by atoms with van der Waals surface area (Å²) in [6, 6.07) is 23.4. The zero-order valence-corrected chi connectivity index (χ0v) is 24.7. The van der Waals surface area contributed by atoms with Crippen molar-refractivity contribution in [2.75, 3.05) is 4.90 Å². The molecule has 1 N–H and O–H groups in total. The molecule has 1 saturated heterocycles. The second-order valence-electron chi connectivity index (χ2n) is 11.1. The van der Waals surface area contributed by atoms with Crippen LogP contribution in [-0.2, 0) is 6.42 Å². The van der Waals surface area contributed by atoms with Gasteiger partial charge >= 0.3 is 0 Å². The quantitative estimate of drug-likeness (QED) is 0.237. The van der Waals surface area contributed by atoms with Gasteiger partial charge in [-0.1, -0.05) is 31.2 Å². The van der Waals surface area contributed by atoms with Gasteiger partial charge < -0.3 is 19.5 Å². The lowest BCUT2D eigenvalue weighted by Gasteiger charge is -2.28. The molecule has 2 aromatic heterocycles. The molecule has 2 atom stereocenters. The fraction of sp³-hybridized carbons (Fsp3) is 0.353. The molecule has 4 aromatic rings. The molecular formula is C34H38N4OS. The van der Waals surface area contributed by atoms with Crippen LogP contribution in [0, 0.1) is 20.8 Å². The molecule has 1 saturated carbocycles. The number of aryl methyl sites for hydroxylation is 3. The standard InChI is InChI=1S/C34H38N4OS/c1-5-25-12-10-11-22(2)32(25)37-23(3)21-29(24(37)4)33-31(30-15-8-9-20-35-30)36-34(40)38(33)26-16-18-28(19-17-26)39-27-13-6-7-14-27/h8-12,15-21,27,31,33H,5-7,13-14H2,1-4H3,(H,36,40)/t31-,33-/m1/s1. The molecule has 3 heterocycles. The summed E-state index contributed by atoms with van der Waals surface area (Å²) in [7, 11) is 0. The van der Waals surface area contributed by atoms with E-state index in [-0.39, 0.29) is 12.1 Å². The van der Waals surface area contributed by atoms with E-state index >= 15 is 0 Å². The Morgan fingerprint density at radius 2 is 1.75 bits per heavy atom. The van der Waals surface area contributed by atoms with E-state index in [1.165, 1.54) is 46.6 Å². The number of hydrogen-bond acceptors (Lipinski definition) is 3. The molecule has 2 aliphatic rings. The van der Waals surface area contributed by atoms with Crippen LogP contribution in [0.3, 0.4) is 0 Å². The second kappa shape index (κ2) is 11.1. The number of pyridine rings is 1. The number of hydrogen-bond donors (Lipinski definition) is 1. The highest BCUT2D eigenvalue weighted by Gasteiger charge is 2.42. The Balaban J connectivity index is 1.44. The van der Waals surface area contributed by atoms with Crippen molar-refractivity contribution in [2.45, 2.75) is 78.0 Å². The van der Waals surface area contributed by atoms with Crippen molar-refractivity contribution in [3.8, 4) is 11.4 Å². The normalized spacial score (nSPS) is 19.3. The number of nitrogens with one attached hydrogen (secondary N) is 1. The summed E-state index contributed by atoms with van der Waals surface area (Å²) in [5.41, 5.74) is 9.64. The van der Waals surface area contributed by atoms with E-state index in [4.69, 9.17) is 21.9 Å². The molecule has 2 fully saturated rings. The zero-order valence-electron chi connectivity index (χ0n) is 23.9. The molecule has 1 aliphatic carbocycles. The van der Waals surface area contributed by atoms with E-state index in [0.29, 0.717) is 11.2 Å². The summed E-state index contributed by atoms with van der Waals surface area (Å²) in [6.07, 6.45) is 7.98. The third-order valence-corrected chi connectivity index (χ3v) is 8.85. The van der Waals surface area contributed by atoms with Gasteiger partial charge in [-0.05, 0) is 124 Å². The Bertz CT molecular complexity index is 1510. The van der Waals surface area contributed by atoms with Crippen LogP contribution in [0.25, 0.3) is 5.69 Å². The van der Waals surface area contributed by atoms with Gasteiger partial charge in [0.05, 0.1) is 29.6 Å². The number of nitrogens with zero attached hydrogens (tertiary/aromatic N) is 3. The van der Waals surface area contributed by atoms with Gasteiger partial charge in [-0.15, -0.1) is 0 Å². The third-order valence-electron chi connectivity index (χ3n) is 8.53. The first-order valence-corrected chi connectivity index (χ1v) is 14.9. The van der Waals surface area contributed by atoms with Crippen molar-refractivity contribution in [1.82, 2.24) is 14.9 Å². The van der Waals surface area contributed by atoms with Gasteiger partial charge in [0.2, 0.25) is 0 Å². The maximum atomic E-state index is 6.26. The summed E-state index contributed by atoms with van der Waals surface area (Å²) < 4.78 is 8.69. The van der Waals surface area contributed by atoms with Crippen molar-refractivity contribution >= 4 is 23.0 Å². The summed E-state index contributed by atoms with van der Waals surface area (Å²) in [6.45, 7) is 8.88. The maximum Gasteiger partial charge on any atom is 0.174 e. The van der Waals surface area contributed by atoms with Gasteiger partial charge in [-0.25, -0.2) is 0 Å². The van der Waals surface area contributed by atoms with Crippen LogP contribution in [0.5, 0.6) is 5.75 Å². The summed E-state index contributed by atoms with van der Waals surface area (Å²) in [4.78, 5) is 7.02. The van der Waals surface area contributed by atoms with Crippen LogP contribution >= 0.6 is 12.2 Å². The summed E-state index contributed by atoms with van der Waals surface area (Å²) in [5, 5.41) is 4.33. The summed E-state index contributed by atoms with van der Waals surface area (Å²) in [5.74, 6) is 0.927. The highest BCUT2D eigenvalue weighted by Crippen LogP contribution is 2.44. The Labute approximate surface area is 243 Å². The molecule has 1 aliphatic heterocycles. The molecule has 40 heavy (non-hydrogen) atoms. The minimum absolute atomic E-state index is 0.0574. The molecule has 5 nitrogen and oxygen atoms in total. The van der Waals surface area contributed by atoms with Crippen molar-refractivity contribution < 1.29 is 4.74 Å². The van der Waals surface area contributed by atoms with E-state index in [9.17, 15) is 0 Å². The molecule has 6 rings (SSSR count). The number of anilines is 1. The lowest BCUT2D eigenvalue weighted by Crippen LogP contribution is -2.29. The number of para-hydroxylation sites is 1. The van der Waals surface area contributed by atoms with Crippen LogP contribution in [0.15, 0.2) is 72.9 Å². The lowest BCUT2D eigenvalue weighted by atomic mass is 9.96. The van der Waals surface area contributed by atoms with Crippen LogP contribution in [0.4, 0.5) is 5.69 Å². The fourth-order valence-corrected chi connectivity index (χ4v) is 6.94. The van der Waals surface area contributed by atoms with Crippen LogP contribution in [-0.4, -0.2) is 20.8 Å². The first-order valence-electron chi connectivity index (χ1n) is 14.5. The highest BCUT2D eigenvalue weighted by molar-refractivity contribution is 7.80.